The highest BCUT2D eigenvalue weighted by atomic mass is 79.9. The van der Waals surface area contributed by atoms with Gasteiger partial charge < -0.3 is 4.74 Å². The number of rotatable bonds is 6. The van der Waals surface area contributed by atoms with Crippen molar-refractivity contribution in [3.05, 3.63) is 84.3 Å². The van der Waals surface area contributed by atoms with Gasteiger partial charge in [-0.1, -0.05) is 40.2 Å². The second-order valence-corrected chi connectivity index (χ2v) is 7.23. The molecule has 1 aromatic heterocycles. The Kier molecular flexibility index (Phi) is 6.09. The van der Waals surface area contributed by atoms with Crippen molar-refractivity contribution in [1.82, 2.24) is 9.66 Å². The van der Waals surface area contributed by atoms with Crippen molar-refractivity contribution >= 4 is 50.3 Å². The molecule has 29 heavy (non-hydrogen) atoms. The van der Waals surface area contributed by atoms with E-state index in [0.717, 1.165) is 9.15 Å². The largest absolute Gasteiger partial charge is 0.482 e. The average molecular weight is 478 g/mol. The number of halogens is 2. The number of nitro benzene ring substituents is 1. The standard InChI is InChI=1S/C19H14BrClN4O4/c1-3-6-29-18-12(7-14(21)9-17(18)25(27)28)10-22-24-11(2)23-16-5-4-13(20)8-15(16)19(24)26/h3-5,7-10H,1,6H2,2H3. The van der Waals surface area contributed by atoms with E-state index >= 15 is 0 Å². The fourth-order valence-electron chi connectivity index (χ4n) is 2.65. The summed E-state index contributed by atoms with van der Waals surface area (Å²) in [5.74, 6) is 0.330. The summed E-state index contributed by atoms with van der Waals surface area (Å²) in [5.41, 5.74) is 0.0859. The molecule has 3 aromatic rings. The van der Waals surface area contributed by atoms with E-state index in [1.54, 1.807) is 25.1 Å². The topological polar surface area (TPSA) is 99.6 Å². The summed E-state index contributed by atoms with van der Waals surface area (Å²) < 4.78 is 7.29. The van der Waals surface area contributed by atoms with Gasteiger partial charge in [-0.3, -0.25) is 14.9 Å². The Labute approximate surface area is 178 Å². The van der Waals surface area contributed by atoms with Crippen LogP contribution in [0, 0.1) is 17.0 Å². The lowest BCUT2D eigenvalue weighted by atomic mass is 10.2. The van der Waals surface area contributed by atoms with Gasteiger partial charge in [0.25, 0.3) is 5.56 Å². The Morgan fingerprint density at radius 3 is 2.86 bits per heavy atom. The highest BCUT2D eigenvalue weighted by Crippen LogP contribution is 2.33. The van der Waals surface area contributed by atoms with Gasteiger partial charge in [-0.2, -0.15) is 9.78 Å². The first-order chi connectivity index (χ1) is 13.8. The molecule has 3 rings (SSSR count). The maximum atomic E-state index is 12.8. The number of benzene rings is 2. The first-order valence-electron chi connectivity index (χ1n) is 8.26. The number of ether oxygens (including phenoxy) is 1. The van der Waals surface area contributed by atoms with Crippen molar-refractivity contribution in [1.29, 1.82) is 0 Å². The van der Waals surface area contributed by atoms with Crippen molar-refractivity contribution in [2.45, 2.75) is 6.92 Å². The highest BCUT2D eigenvalue weighted by molar-refractivity contribution is 9.10. The number of fused-ring (bicyclic) bond motifs is 1. The van der Waals surface area contributed by atoms with Crippen LogP contribution in [0.2, 0.25) is 5.02 Å². The van der Waals surface area contributed by atoms with Crippen LogP contribution in [0.1, 0.15) is 11.4 Å². The monoisotopic (exact) mass is 476 g/mol. The first-order valence-corrected chi connectivity index (χ1v) is 9.44. The molecular formula is C19H14BrClN4O4. The second kappa shape index (κ2) is 8.54. The minimum atomic E-state index is -0.603. The molecule has 0 fully saturated rings. The number of hydrogen-bond acceptors (Lipinski definition) is 6. The first kappa shape index (κ1) is 20.7. The summed E-state index contributed by atoms with van der Waals surface area (Å²) in [4.78, 5) is 28.0. The molecule has 0 unspecified atom stereocenters. The lowest BCUT2D eigenvalue weighted by molar-refractivity contribution is -0.385. The zero-order chi connectivity index (χ0) is 21.1. The Bertz CT molecular complexity index is 1220. The van der Waals surface area contributed by atoms with E-state index in [4.69, 9.17) is 16.3 Å². The van der Waals surface area contributed by atoms with E-state index < -0.39 is 4.92 Å². The molecule has 1 heterocycles. The smallest absolute Gasteiger partial charge is 0.313 e. The number of nitro groups is 1. The Balaban J connectivity index is 2.16. The van der Waals surface area contributed by atoms with E-state index in [1.165, 1.54) is 24.4 Å². The minimum absolute atomic E-state index is 0.0229. The molecule has 0 N–H and O–H groups in total. The third kappa shape index (κ3) is 4.36. The van der Waals surface area contributed by atoms with Gasteiger partial charge in [0, 0.05) is 21.1 Å². The quantitative estimate of drug-likeness (QED) is 0.226. The van der Waals surface area contributed by atoms with E-state index in [-0.39, 0.29) is 34.2 Å². The molecule has 8 nitrogen and oxygen atoms in total. The van der Waals surface area contributed by atoms with Crippen LogP contribution in [0.5, 0.6) is 5.75 Å². The van der Waals surface area contributed by atoms with Crippen molar-refractivity contribution in [3.63, 3.8) is 0 Å². The third-order valence-electron chi connectivity index (χ3n) is 3.89. The summed E-state index contributed by atoms with van der Waals surface area (Å²) >= 11 is 9.34. The Hall–Kier alpha value is -3.04. The maximum absolute atomic E-state index is 12.8. The van der Waals surface area contributed by atoms with Gasteiger partial charge in [-0.15, -0.1) is 0 Å². The van der Waals surface area contributed by atoms with Gasteiger partial charge in [0.1, 0.15) is 12.4 Å². The molecule has 2 aromatic carbocycles. The van der Waals surface area contributed by atoms with Crippen molar-refractivity contribution < 1.29 is 9.66 Å². The fourth-order valence-corrected chi connectivity index (χ4v) is 3.23. The zero-order valence-corrected chi connectivity index (χ0v) is 17.5. The highest BCUT2D eigenvalue weighted by Gasteiger charge is 2.20. The second-order valence-electron chi connectivity index (χ2n) is 5.88. The van der Waals surface area contributed by atoms with Gasteiger partial charge in [0.15, 0.2) is 0 Å². The lowest BCUT2D eigenvalue weighted by Crippen LogP contribution is -2.20. The van der Waals surface area contributed by atoms with Crippen LogP contribution in [0.25, 0.3) is 10.9 Å². The molecule has 0 saturated carbocycles. The summed E-state index contributed by atoms with van der Waals surface area (Å²) in [6, 6.07) is 7.81. The Morgan fingerprint density at radius 1 is 1.41 bits per heavy atom. The number of hydrogen-bond donors (Lipinski definition) is 0. The molecular weight excluding hydrogens is 464 g/mol. The van der Waals surface area contributed by atoms with Gasteiger partial charge in [-0.05, 0) is 31.2 Å². The molecule has 0 atom stereocenters. The zero-order valence-electron chi connectivity index (χ0n) is 15.1. The molecule has 10 heteroatoms. The van der Waals surface area contributed by atoms with E-state index in [2.05, 4.69) is 32.6 Å². The lowest BCUT2D eigenvalue weighted by Gasteiger charge is -2.09. The van der Waals surface area contributed by atoms with Crippen LogP contribution >= 0.6 is 27.5 Å². The predicted octanol–water partition coefficient (Wildman–Crippen LogP) is 4.48. The summed E-state index contributed by atoms with van der Waals surface area (Å²) in [6.07, 6.45) is 2.73. The van der Waals surface area contributed by atoms with Crippen LogP contribution < -0.4 is 10.3 Å². The summed E-state index contributed by atoms with van der Waals surface area (Å²) in [5, 5.41) is 16.1. The molecule has 0 aliphatic carbocycles. The molecule has 0 amide bonds. The third-order valence-corrected chi connectivity index (χ3v) is 4.60. The normalized spacial score (nSPS) is 11.1. The molecule has 0 aliphatic heterocycles. The fraction of sp³-hybridized carbons (Fsp3) is 0.105. The summed E-state index contributed by atoms with van der Waals surface area (Å²) in [7, 11) is 0. The SMILES string of the molecule is C=CCOc1c(C=Nn2c(C)nc3ccc(Br)cc3c2=O)cc(Cl)cc1[N+](=O)[O-]. The molecule has 0 radical (unpaired) electrons. The molecule has 0 spiro atoms. The number of nitrogens with zero attached hydrogens (tertiary/aromatic N) is 4. The maximum Gasteiger partial charge on any atom is 0.313 e. The van der Waals surface area contributed by atoms with Crippen LogP contribution in [0.3, 0.4) is 0 Å². The molecule has 0 bridgehead atoms. The van der Waals surface area contributed by atoms with Crippen LogP contribution in [-0.2, 0) is 0 Å². The van der Waals surface area contributed by atoms with Gasteiger partial charge in [0.05, 0.1) is 22.0 Å². The number of aryl methyl sites for hydroxylation is 1. The van der Waals surface area contributed by atoms with Crippen molar-refractivity contribution in [2.24, 2.45) is 5.10 Å². The predicted molar refractivity (Wildman–Crippen MR) is 115 cm³/mol. The average Bonchev–Trinajstić information content (AvgIpc) is 2.67. The van der Waals surface area contributed by atoms with Crippen LogP contribution in [0.4, 0.5) is 5.69 Å². The minimum Gasteiger partial charge on any atom is -0.482 e. The number of aromatic nitrogens is 2. The van der Waals surface area contributed by atoms with Gasteiger partial charge in [-0.25, -0.2) is 4.98 Å². The molecule has 148 valence electrons. The van der Waals surface area contributed by atoms with Crippen LogP contribution in [-0.4, -0.2) is 27.4 Å². The van der Waals surface area contributed by atoms with Crippen molar-refractivity contribution in [3.8, 4) is 5.75 Å². The van der Waals surface area contributed by atoms with E-state index in [0.29, 0.717) is 16.7 Å². The van der Waals surface area contributed by atoms with Crippen molar-refractivity contribution in [2.75, 3.05) is 6.61 Å². The Morgan fingerprint density at radius 2 is 2.17 bits per heavy atom. The molecule has 0 saturated heterocycles. The van der Waals surface area contributed by atoms with E-state index in [9.17, 15) is 14.9 Å². The molecule has 0 aliphatic rings. The van der Waals surface area contributed by atoms with Gasteiger partial charge >= 0.3 is 5.69 Å². The summed E-state index contributed by atoms with van der Waals surface area (Å²) in [6.45, 7) is 5.22. The van der Waals surface area contributed by atoms with Gasteiger partial charge in [0.2, 0.25) is 5.75 Å². The van der Waals surface area contributed by atoms with Crippen LogP contribution in [0.15, 0.2) is 57.4 Å². The van der Waals surface area contributed by atoms with E-state index in [1.807, 2.05) is 0 Å².